The van der Waals surface area contributed by atoms with Crippen molar-refractivity contribution < 1.29 is 33.4 Å². The number of ether oxygens (including phenoxy) is 5. The Morgan fingerprint density at radius 1 is 1.14 bits per heavy atom. The van der Waals surface area contributed by atoms with Crippen LogP contribution >= 0.6 is 0 Å². The van der Waals surface area contributed by atoms with Gasteiger partial charge in [0.25, 0.3) is 5.69 Å². The zero-order valence-corrected chi connectivity index (χ0v) is 16.1. The van der Waals surface area contributed by atoms with Crippen LogP contribution in [0, 0.1) is 10.1 Å². The molecule has 9 heteroatoms. The van der Waals surface area contributed by atoms with E-state index in [9.17, 15) is 14.9 Å². The third-order valence-electron chi connectivity index (χ3n) is 4.40. The molecule has 154 valence electrons. The number of methoxy groups -OCH3 is 2. The first-order valence-electron chi connectivity index (χ1n) is 8.88. The Morgan fingerprint density at radius 2 is 1.86 bits per heavy atom. The molecule has 2 aromatic rings. The van der Waals surface area contributed by atoms with E-state index in [1.807, 2.05) is 12.1 Å². The van der Waals surface area contributed by atoms with Gasteiger partial charge in [0.15, 0.2) is 6.79 Å². The Kier molecular flexibility index (Phi) is 6.50. The minimum absolute atomic E-state index is 0.0451. The van der Waals surface area contributed by atoms with Gasteiger partial charge in [0.05, 0.1) is 25.7 Å². The summed E-state index contributed by atoms with van der Waals surface area (Å²) in [6, 6.07) is 8.14. The van der Waals surface area contributed by atoms with Gasteiger partial charge in [-0.2, -0.15) is 0 Å². The molecule has 0 unspecified atom stereocenters. The van der Waals surface area contributed by atoms with E-state index in [4.69, 9.17) is 23.7 Å². The Labute approximate surface area is 167 Å². The lowest BCUT2D eigenvalue weighted by molar-refractivity contribution is -0.385. The molecule has 1 aliphatic rings. The van der Waals surface area contributed by atoms with Crippen LogP contribution in [0.5, 0.6) is 17.2 Å². The third-order valence-corrected chi connectivity index (χ3v) is 4.40. The fraction of sp³-hybridized carbons (Fsp3) is 0.350. The van der Waals surface area contributed by atoms with Gasteiger partial charge in [-0.05, 0) is 24.1 Å². The van der Waals surface area contributed by atoms with Crippen molar-refractivity contribution in [3.05, 3.63) is 57.1 Å². The molecule has 0 spiro atoms. The number of nitro groups is 1. The molecular formula is C20H21NO8. The number of rotatable bonds is 8. The second-order valence-corrected chi connectivity index (χ2v) is 6.34. The maximum atomic E-state index is 12.2. The molecule has 0 saturated heterocycles. The van der Waals surface area contributed by atoms with Crippen molar-refractivity contribution in [2.75, 3.05) is 21.0 Å². The molecule has 0 saturated carbocycles. The van der Waals surface area contributed by atoms with Gasteiger partial charge in [0, 0.05) is 35.7 Å². The Morgan fingerprint density at radius 3 is 2.52 bits per heavy atom. The predicted molar refractivity (Wildman–Crippen MR) is 101 cm³/mol. The van der Waals surface area contributed by atoms with Gasteiger partial charge in [-0.3, -0.25) is 14.9 Å². The van der Waals surface area contributed by atoms with Gasteiger partial charge in [-0.1, -0.05) is 0 Å². The number of carbonyl (C=O) groups is 1. The number of non-ortho nitro benzene ring substituents is 1. The van der Waals surface area contributed by atoms with Crippen molar-refractivity contribution in [1.29, 1.82) is 0 Å². The average molecular weight is 403 g/mol. The first-order valence-corrected chi connectivity index (χ1v) is 8.88. The molecule has 9 nitrogen and oxygen atoms in total. The standard InChI is InChI=1S/C20H21NO8/c1-25-17-5-13(6-18(9-17)26-2)3-4-19(22)28-11-15-8-16(21(23)24)7-14-10-27-12-29-20(14)15/h5-9H,3-4,10-12H2,1-2H3. The van der Waals surface area contributed by atoms with Gasteiger partial charge < -0.3 is 23.7 Å². The SMILES string of the molecule is COc1cc(CCC(=O)OCc2cc([N+](=O)[O-])cc3c2OCOC3)cc(OC)c1. The summed E-state index contributed by atoms with van der Waals surface area (Å²) in [4.78, 5) is 22.8. The van der Waals surface area contributed by atoms with E-state index in [-0.39, 0.29) is 32.1 Å². The van der Waals surface area contributed by atoms with E-state index in [1.165, 1.54) is 12.1 Å². The second-order valence-electron chi connectivity index (χ2n) is 6.34. The van der Waals surface area contributed by atoms with Gasteiger partial charge in [0.2, 0.25) is 0 Å². The van der Waals surface area contributed by atoms with Crippen LogP contribution in [0.1, 0.15) is 23.1 Å². The highest BCUT2D eigenvalue weighted by molar-refractivity contribution is 5.70. The van der Waals surface area contributed by atoms with Gasteiger partial charge in [-0.25, -0.2) is 0 Å². The summed E-state index contributed by atoms with van der Waals surface area (Å²) < 4.78 is 26.4. The summed E-state index contributed by atoms with van der Waals surface area (Å²) in [5.74, 6) is 1.30. The third kappa shape index (κ3) is 5.14. The van der Waals surface area contributed by atoms with Crippen LogP contribution in [0.15, 0.2) is 30.3 Å². The van der Waals surface area contributed by atoms with Crippen molar-refractivity contribution in [2.24, 2.45) is 0 Å². The van der Waals surface area contributed by atoms with E-state index in [0.29, 0.717) is 34.8 Å². The average Bonchev–Trinajstić information content (AvgIpc) is 2.75. The normalized spacial score (nSPS) is 12.5. The fourth-order valence-corrected chi connectivity index (χ4v) is 2.98. The summed E-state index contributed by atoms with van der Waals surface area (Å²) >= 11 is 0. The molecule has 0 bridgehead atoms. The zero-order chi connectivity index (χ0) is 20.8. The molecule has 0 amide bonds. The van der Waals surface area contributed by atoms with Crippen molar-refractivity contribution in [3.8, 4) is 17.2 Å². The zero-order valence-electron chi connectivity index (χ0n) is 16.1. The summed E-state index contributed by atoms with van der Waals surface area (Å²) in [5, 5.41) is 11.1. The molecule has 3 rings (SSSR count). The monoisotopic (exact) mass is 403 g/mol. The minimum atomic E-state index is -0.504. The Balaban J connectivity index is 1.64. The summed E-state index contributed by atoms with van der Waals surface area (Å²) in [6.07, 6.45) is 0.571. The number of nitro benzene ring substituents is 1. The van der Waals surface area contributed by atoms with Crippen LogP contribution in [-0.2, 0) is 33.9 Å². The summed E-state index contributed by atoms with van der Waals surface area (Å²) in [5.41, 5.74) is 1.76. The fourth-order valence-electron chi connectivity index (χ4n) is 2.98. The van der Waals surface area contributed by atoms with Gasteiger partial charge in [0.1, 0.15) is 23.9 Å². The molecule has 2 aromatic carbocycles. The molecule has 0 aliphatic carbocycles. The maximum absolute atomic E-state index is 12.2. The summed E-state index contributed by atoms with van der Waals surface area (Å²) in [7, 11) is 3.11. The first kappa shape index (κ1) is 20.4. The van der Waals surface area contributed by atoms with Crippen molar-refractivity contribution in [3.63, 3.8) is 0 Å². The number of carbonyl (C=O) groups excluding carboxylic acids is 1. The lowest BCUT2D eigenvalue weighted by Gasteiger charge is -2.20. The van der Waals surface area contributed by atoms with Crippen LogP contribution in [0.25, 0.3) is 0 Å². The number of esters is 1. The molecule has 0 aromatic heterocycles. The van der Waals surface area contributed by atoms with Gasteiger partial charge in [-0.15, -0.1) is 0 Å². The highest BCUT2D eigenvalue weighted by Gasteiger charge is 2.21. The van der Waals surface area contributed by atoms with Crippen molar-refractivity contribution in [2.45, 2.75) is 26.1 Å². The number of fused-ring (bicyclic) bond motifs is 1. The Bertz CT molecular complexity index is 889. The predicted octanol–water partition coefficient (Wildman–Crippen LogP) is 3.15. The van der Waals surface area contributed by atoms with Crippen LogP contribution < -0.4 is 14.2 Å². The molecule has 0 radical (unpaired) electrons. The highest BCUT2D eigenvalue weighted by atomic mass is 16.7. The lowest BCUT2D eigenvalue weighted by Crippen LogP contribution is -2.15. The van der Waals surface area contributed by atoms with E-state index >= 15 is 0 Å². The van der Waals surface area contributed by atoms with Crippen molar-refractivity contribution >= 4 is 11.7 Å². The molecule has 29 heavy (non-hydrogen) atoms. The topological polar surface area (TPSA) is 106 Å². The van der Waals surface area contributed by atoms with Crippen LogP contribution in [0.3, 0.4) is 0 Å². The number of benzene rings is 2. The second kappa shape index (κ2) is 9.24. The van der Waals surface area contributed by atoms with E-state index in [0.717, 1.165) is 5.56 Å². The van der Waals surface area contributed by atoms with Crippen LogP contribution in [-0.4, -0.2) is 31.9 Å². The van der Waals surface area contributed by atoms with Crippen LogP contribution in [0.2, 0.25) is 0 Å². The molecule has 0 fully saturated rings. The lowest BCUT2D eigenvalue weighted by atomic mass is 10.1. The molecule has 0 N–H and O–H groups in total. The van der Waals surface area contributed by atoms with E-state index in [2.05, 4.69) is 0 Å². The molecule has 1 heterocycles. The first-order chi connectivity index (χ1) is 14.0. The maximum Gasteiger partial charge on any atom is 0.306 e. The number of nitrogens with zero attached hydrogens (tertiary/aromatic N) is 1. The quantitative estimate of drug-likeness (QED) is 0.376. The van der Waals surface area contributed by atoms with Gasteiger partial charge >= 0.3 is 5.97 Å². The number of hydrogen-bond donors (Lipinski definition) is 0. The Hall–Kier alpha value is -3.33. The molecular weight excluding hydrogens is 382 g/mol. The highest BCUT2D eigenvalue weighted by Crippen LogP contribution is 2.33. The number of aryl methyl sites for hydroxylation is 1. The minimum Gasteiger partial charge on any atom is -0.497 e. The van der Waals surface area contributed by atoms with E-state index in [1.54, 1.807) is 20.3 Å². The van der Waals surface area contributed by atoms with E-state index < -0.39 is 10.9 Å². The summed E-state index contributed by atoms with van der Waals surface area (Å²) in [6.45, 7) is 0.128. The van der Waals surface area contributed by atoms with Crippen LogP contribution in [0.4, 0.5) is 5.69 Å². The molecule has 1 aliphatic heterocycles. The smallest absolute Gasteiger partial charge is 0.306 e. The van der Waals surface area contributed by atoms with Crippen molar-refractivity contribution in [1.82, 2.24) is 0 Å². The molecule has 0 atom stereocenters. The number of hydrogen-bond acceptors (Lipinski definition) is 8. The largest absolute Gasteiger partial charge is 0.497 e.